The van der Waals surface area contributed by atoms with Gasteiger partial charge < -0.3 is 10.6 Å². The first kappa shape index (κ1) is 22.4. The fourth-order valence-corrected chi connectivity index (χ4v) is 3.74. The Hall–Kier alpha value is -1.60. The third-order valence-electron chi connectivity index (χ3n) is 4.22. The number of benzene rings is 1. The SMILES string of the molecule is CCc1ccc(C(C)(C)CNC(=NC)NCC(C)(C)NS(C)(=O)=O)cc1. The van der Waals surface area contributed by atoms with Crippen molar-refractivity contribution in [1.82, 2.24) is 15.4 Å². The molecule has 0 amide bonds. The number of hydrogen-bond donors (Lipinski definition) is 3. The molecule has 0 saturated heterocycles. The molecule has 0 aliphatic carbocycles. The molecule has 0 heterocycles. The molecule has 6 nitrogen and oxygen atoms in total. The Balaban J connectivity index is 2.65. The van der Waals surface area contributed by atoms with Crippen molar-refractivity contribution >= 4 is 16.0 Å². The number of hydrogen-bond acceptors (Lipinski definition) is 3. The second-order valence-electron chi connectivity index (χ2n) is 7.97. The molecule has 0 bridgehead atoms. The van der Waals surface area contributed by atoms with Gasteiger partial charge in [-0.2, -0.15) is 0 Å². The van der Waals surface area contributed by atoms with E-state index < -0.39 is 15.6 Å². The predicted molar refractivity (Wildman–Crippen MR) is 110 cm³/mol. The molecule has 0 fully saturated rings. The van der Waals surface area contributed by atoms with Crippen LogP contribution in [0.5, 0.6) is 0 Å². The Bertz CT molecular complexity index is 708. The van der Waals surface area contributed by atoms with E-state index in [0.717, 1.165) is 12.7 Å². The lowest BCUT2D eigenvalue weighted by molar-refractivity contribution is 0.443. The van der Waals surface area contributed by atoms with E-state index in [9.17, 15) is 8.42 Å². The molecule has 0 saturated carbocycles. The number of rotatable bonds is 8. The molecule has 26 heavy (non-hydrogen) atoms. The number of aryl methyl sites for hydroxylation is 1. The third-order valence-corrected chi connectivity index (χ3v) is 5.15. The normalized spacial score (nSPS) is 13.6. The summed E-state index contributed by atoms with van der Waals surface area (Å²) in [5, 5.41) is 6.52. The van der Waals surface area contributed by atoms with E-state index in [4.69, 9.17) is 0 Å². The summed E-state index contributed by atoms with van der Waals surface area (Å²) in [4.78, 5) is 4.23. The summed E-state index contributed by atoms with van der Waals surface area (Å²) in [5.74, 6) is 0.645. The van der Waals surface area contributed by atoms with E-state index in [1.54, 1.807) is 7.05 Å². The molecule has 3 N–H and O–H groups in total. The second kappa shape index (κ2) is 8.86. The first-order valence-electron chi connectivity index (χ1n) is 8.91. The van der Waals surface area contributed by atoms with Crippen molar-refractivity contribution in [3.05, 3.63) is 35.4 Å². The monoisotopic (exact) mass is 382 g/mol. The van der Waals surface area contributed by atoms with Gasteiger partial charge in [-0.3, -0.25) is 4.99 Å². The van der Waals surface area contributed by atoms with Crippen molar-refractivity contribution in [2.45, 2.75) is 52.0 Å². The molecule has 0 unspecified atom stereocenters. The van der Waals surface area contributed by atoms with Crippen LogP contribution in [-0.2, 0) is 21.9 Å². The quantitative estimate of drug-likeness (QED) is 0.474. The Labute approximate surface area is 158 Å². The average molecular weight is 383 g/mol. The van der Waals surface area contributed by atoms with Crippen LogP contribution in [0.1, 0.15) is 45.7 Å². The fraction of sp³-hybridized carbons (Fsp3) is 0.632. The minimum Gasteiger partial charge on any atom is -0.356 e. The highest BCUT2D eigenvalue weighted by molar-refractivity contribution is 7.88. The number of nitrogens with zero attached hydrogens (tertiary/aromatic N) is 1. The van der Waals surface area contributed by atoms with Crippen molar-refractivity contribution < 1.29 is 8.42 Å². The Morgan fingerprint density at radius 2 is 1.58 bits per heavy atom. The lowest BCUT2D eigenvalue weighted by Crippen LogP contribution is -2.53. The molecule has 1 aromatic carbocycles. The molecular weight excluding hydrogens is 348 g/mol. The highest BCUT2D eigenvalue weighted by Crippen LogP contribution is 2.22. The maximum Gasteiger partial charge on any atom is 0.209 e. The van der Waals surface area contributed by atoms with Gasteiger partial charge in [0.05, 0.1) is 6.26 Å². The molecule has 1 aromatic rings. The van der Waals surface area contributed by atoms with E-state index in [-0.39, 0.29) is 5.41 Å². The maximum atomic E-state index is 11.4. The molecule has 148 valence electrons. The van der Waals surface area contributed by atoms with Crippen molar-refractivity contribution in [3.63, 3.8) is 0 Å². The number of nitrogens with one attached hydrogen (secondary N) is 3. The number of sulfonamides is 1. The summed E-state index contributed by atoms with van der Waals surface area (Å²) in [6, 6.07) is 8.69. The van der Waals surface area contributed by atoms with Crippen LogP contribution in [0.3, 0.4) is 0 Å². The molecule has 0 radical (unpaired) electrons. The van der Waals surface area contributed by atoms with Gasteiger partial charge in [0, 0.05) is 31.1 Å². The Morgan fingerprint density at radius 1 is 1.04 bits per heavy atom. The third kappa shape index (κ3) is 7.74. The van der Waals surface area contributed by atoms with Gasteiger partial charge in [-0.15, -0.1) is 0 Å². The summed E-state index contributed by atoms with van der Waals surface area (Å²) in [7, 11) is -1.56. The Kier molecular flexibility index (Phi) is 7.65. The van der Waals surface area contributed by atoms with Gasteiger partial charge in [0.15, 0.2) is 5.96 Å². The van der Waals surface area contributed by atoms with Gasteiger partial charge in [-0.05, 0) is 31.4 Å². The standard InChI is InChI=1S/C19H34N4O2S/c1-8-15-9-11-16(12-10-15)18(2,3)13-21-17(20-6)22-14-19(4,5)23-26(7,24)25/h9-12,23H,8,13-14H2,1-7H3,(H2,20,21,22). The van der Waals surface area contributed by atoms with Crippen molar-refractivity contribution in [2.24, 2.45) is 4.99 Å². The zero-order chi connectivity index (χ0) is 20.0. The molecule has 0 aliphatic rings. The van der Waals surface area contributed by atoms with Gasteiger partial charge in [0.2, 0.25) is 10.0 Å². The topological polar surface area (TPSA) is 82.6 Å². The summed E-state index contributed by atoms with van der Waals surface area (Å²) in [6.07, 6.45) is 2.20. The van der Waals surface area contributed by atoms with Gasteiger partial charge in [-0.1, -0.05) is 45.0 Å². The molecule has 7 heteroatoms. The number of aliphatic imine (C=N–C) groups is 1. The van der Waals surface area contributed by atoms with Gasteiger partial charge in [-0.25, -0.2) is 13.1 Å². The van der Waals surface area contributed by atoms with E-state index in [0.29, 0.717) is 19.0 Å². The van der Waals surface area contributed by atoms with Crippen LogP contribution in [0.15, 0.2) is 29.3 Å². The van der Waals surface area contributed by atoms with Crippen LogP contribution in [0, 0.1) is 0 Å². The summed E-state index contributed by atoms with van der Waals surface area (Å²) >= 11 is 0. The summed E-state index contributed by atoms with van der Waals surface area (Å²) < 4.78 is 25.5. The molecule has 0 aromatic heterocycles. The molecule has 0 spiro atoms. The van der Waals surface area contributed by atoms with Crippen LogP contribution >= 0.6 is 0 Å². The van der Waals surface area contributed by atoms with E-state index in [2.05, 4.69) is 65.4 Å². The van der Waals surface area contributed by atoms with Crippen molar-refractivity contribution in [3.8, 4) is 0 Å². The molecular formula is C19H34N4O2S. The largest absolute Gasteiger partial charge is 0.356 e. The smallest absolute Gasteiger partial charge is 0.209 e. The molecule has 0 aliphatic heterocycles. The second-order valence-corrected chi connectivity index (χ2v) is 9.72. The van der Waals surface area contributed by atoms with Crippen molar-refractivity contribution in [1.29, 1.82) is 0 Å². The highest BCUT2D eigenvalue weighted by atomic mass is 32.2. The van der Waals surface area contributed by atoms with Crippen LogP contribution in [0.2, 0.25) is 0 Å². The molecule has 1 rings (SSSR count). The lowest BCUT2D eigenvalue weighted by Gasteiger charge is -2.29. The summed E-state index contributed by atoms with van der Waals surface area (Å²) in [6.45, 7) is 11.3. The zero-order valence-corrected chi connectivity index (χ0v) is 17.9. The van der Waals surface area contributed by atoms with Gasteiger partial charge in [0.25, 0.3) is 0 Å². The first-order valence-corrected chi connectivity index (χ1v) is 10.8. The van der Waals surface area contributed by atoms with Gasteiger partial charge in [0.1, 0.15) is 0 Å². The van der Waals surface area contributed by atoms with Crippen LogP contribution in [0.4, 0.5) is 0 Å². The lowest BCUT2D eigenvalue weighted by atomic mass is 9.84. The average Bonchev–Trinajstić information content (AvgIpc) is 2.52. The minimum absolute atomic E-state index is 0.0651. The summed E-state index contributed by atoms with van der Waals surface area (Å²) in [5.41, 5.74) is 1.91. The molecule has 0 atom stereocenters. The number of guanidine groups is 1. The van der Waals surface area contributed by atoms with Gasteiger partial charge >= 0.3 is 0 Å². The van der Waals surface area contributed by atoms with E-state index in [1.807, 2.05) is 13.8 Å². The zero-order valence-electron chi connectivity index (χ0n) is 17.1. The Morgan fingerprint density at radius 3 is 2.04 bits per heavy atom. The van der Waals surface area contributed by atoms with Crippen LogP contribution in [-0.4, -0.2) is 46.3 Å². The fourth-order valence-electron chi connectivity index (χ4n) is 2.66. The van der Waals surface area contributed by atoms with E-state index in [1.165, 1.54) is 11.1 Å². The first-order chi connectivity index (χ1) is 11.9. The maximum absolute atomic E-state index is 11.4. The predicted octanol–water partition coefficient (Wildman–Crippen LogP) is 2.02. The van der Waals surface area contributed by atoms with Crippen LogP contribution in [0.25, 0.3) is 0 Å². The minimum atomic E-state index is -3.26. The highest BCUT2D eigenvalue weighted by Gasteiger charge is 2.24. The van der Waals surface area contributed by atoms with Crippen LogP contribution < -0.4 is 15.4 Å². The van der Waals surface area contributed by atoms with E-state index >= 15 is 0 Å². The van der Waals surface area contributed by atoms with Crippen molar-refractivity contribution in [2.75, 3.05) is 26.4 Å².